The van der Waals surface area contributed by atoms with Crippen LogP contribution in [0.25, 0.3) is 11.0 Å². The van der Waals surface area contributed by atoms with Gasteiger partial charge in [0.1, 0.15) is 0 Å². The number of nitrogens with zero attached hydrogens (tertiary/aromatic N) is 2. The number of hydrogen-bond acceptors (Lipinski definition) is 3. The van der Waals surface area contributed by atoms with E-state index in [-0.39, 0.29) is 17.9 Å². The lowest BCUT2D eigenvalue weighted by atomic mass is 10.3. The lowest BCUT2D eigenvalue weighted by Gasteiger charge is -2.12. The minimum atomic E-state index is -3.69. The fourth-order valence-electron chi connectivity index (χ4n) is 3.09. The number of alkyl halides is 2. The van der Waals surface area contributed by atoms with E-state index in [0.29, 0.717) is 11.0 Å². The van der Waals surface area contributed by atoms with Gasteiger partial charge >= 0.3 is 5.69 Å². The molecule has 0 bridgehead atoms. The maximum atomic E-state index is 13.2. The van der Waals surface area contributed by atoms with Crippen molar-refractivity contribution in [3.63, 3.8) is 0 Å². The molecular formula is C16H19F2N3O3S. The summed E-state index contributed by atoms with van der Waals surface area (Å²) in [5.41, 5.74) is 0.0577. The predicted octanol–water partition coefficient (Wildman–Crippen LogP) is 1.83. The largest absolute Gasteiger partial charge is 0.328 e. The van der Waals surface area contributed by atoms with E-state index in [2.05, 4.69) is 4.72 Å². The first-order valence-electron chi connectivity index (χ1n) is 8.14. The van der Waals surface area contributed by atoms with Crippen LogP contribution < -0.4 is 10.4 Å². The highest BCUT2D eigenvalue weighted by molar-refractivity contribution is 7.89. The van der Waals surface area contributed by atoms with Crippen molar-refractivity contribution in [2.24, 2.45) is 13.0 Å². The summed E-state index contributed by atoms with van der Waals surface area (Å²) < 4.78 is 56.7. The van der Waals surface area contributed by atoms with E-state index in [9.17, 15) is 22.0 Å². The first kappa shape index (κ1) is 16.7. The monoisotopic (exact) mass is 371 g/mol. The van der Waals surface area contributed by atoms with Gasteiger partial charge in [0.25, 0.3) is 5.92 Å². The molecule has 4 rings (SSSR count). The molecule has 1 aromatic heterocycles. The Hall–Kier alpha value is -1.74. The van der Waals surface area contributed by atoms with Gasteiger partial charge in [-0.15, -0.1) is 0 Å². The fourth-order valence-corrected chi connectivity index (χ4v) is 4.58. The number of imidazole rings is 1. The van der Waals surface area contributed by atoms with Crippen LogP contribution in [0.3, 0.4) is 0 Å². The molecule has 0 amide bonds. The molecule has 2 aromatic rings. The molecule has 2 fully saturated rings. The van der Waals surface area contributed by atoms with Crippen molar-refractivity contribution in [3.05, 3.63) is 28.7 Å². The number of hydrogen-bond donors (Lipinski definition) is 1. The molecule has 1 aromatic carbocycles. The Morgan fingerprint density at radius 2 is 1.92 bits per heavy atom. The van der Waals surface area contributed by atoms with Crippen LogP contribution in [0.15, 0.2) is 27.9 Å². The number of aryl methyl sites for hydroxylation is 1. The zero-order chi connectivity index (χ0) is 18.2. The van der Waals surface area contributed by atoms with Gasteiger partial charge in [0.2, 0.25) is 10.0 Å². The Kier molecular flexibility index (Phi) is 3.28. The van der Waals surface area contributed by atoms with Gasteiger partial charge in [-0.2, -0.15) is 0 Å². The SMILES string of the molecule is Cn1c(=O)n(CC2CC2(F)F)c2ccc(S(=O)(=O)NC3(C)CC3)cc21. The molecule has 2 saturated carbocycles. The Morgan fingerprint density at radius 3 is 2.48 bits per heavy atom. The van der Waals surface area contributed by atoms with Gasteiger partial charge in [-0.1, -0.05) is 0 Å². The van der Waals surface area contributed by atoms with E-state index >= 15 is 0 Å². The minimum absolute atomic E-state index is 0.0639. The van der Waals surface area contributed by atoms with Gasteiger partial charge < -0.3 is 0 Å². The second-order valence-corrected chi connectivity index (χ2v) is 9.11. The molecular weight excluding hydrogens is 352 g/mol. The number of rotatable bonds is 5. The van der Waals surface area contributed by atoms with Crippen LogP contribution in [-0.4, -0.2) is 29.0 Å². The Labute approximate surface area is 143 Å². The molecule has 6 nitrogen and oxygen atoms in total. The third-order valence-electron chi connectivity index (χ3n) is 5.17. The van der Waals surface area contributed by atoms with Crippen LogP contribution in [0, 0.1) is 5.92 Å². The highest BCUT2D eigenvalue weighted by Crippen LogP contribution is 2.49. The van der Waals surface area contributed by atoms with Gasteiger partial charge in [0, 0.05) is 31.5 Å². The van der Waals surface area contributed by atoms with Crippen molar-refractivity contribution in [1.29, 1.82) is 0 Å². The van der Waals surface area contributed by atoms with Crippen LogP contribution in [0.4, 0.5) is 8.78 Å². The molecule has 9 heteroatoms. The van der Waals surface area contributed by atoms with Crippen molar-refractivity contribution in [1.82, 2.24) is 13.9 Å². The van der Waals surface area contributed by atoms with Crippen LogP contribution in [0.2, 0.25) is 0 Å². The number of nitrogens with one attached hydrogen (secondary N) is 1. The summed E-state index contributed by atoms with van der Waals surface area (Å²) in [6.45, 7) is 1.77. The molecule has 2 aliphatic carbocycles. The molecule has 25 heavy (non-hydrogen) atoms. The second kappa shape index (κ2) is 4.91. The minimum Gasteiger partial charge on any atom is -0.295 e. The lowest BCUT2D eigenvalue weighted by Crippen LogP contribution is -2.34. The highest BCUT2D eigenvalue weighted by Gasteiger charge is 2.57. The van der Waals surface area contributed by atoms with Crippen molar-refractivity contribution in [2.45, 2.75) is 49.1 Å². The number of sulfonamides is 1. The third kappa shape index (κ3) is 2.79. The van der Waals surface area contributed by atoms with Gasteiger partial charge in [0.15, 0.2) is 0 Å². The van der Waals surface area contributed by atoms with Crippen molar-refractivity contribution in [2.75, 3.05) is 0 Å². The Balaban J connectivity index is 1.74. The van der Waals surface area contributed by atoms with Crippen LogP contribution in [0.1, 0.15) is 26.2 Å². The van der Waals surface area contributed by atoms with E-state index in [0.717, 1.165) is 12.8 Å². The molecule has 1 atom stereocenters. The smallest absolute Gasteiger partial charge is 0.295 e. The molecule has 0 saturated heterocycles. The zero-order valence-electron chi connectivity index (χ0n) is 13.9. The van der Waals surface area contributed by atoms with Crippen molar-refractivity contribution in [3.8, 4) is 0 Å². The van der Waals surface area contributed by atoms with Crippen LogP contribution in [0.5, 0.6) is 0 Å². The molecule has 136 valence electrons. The third-order valence-corrected chi connectivity index (χ3v) is 6.80. The first-order chi connectivity index (χ1) is 11.5. The fraction of sp³-hybridized carbons (Fsp3) is 0.562. The standard InChI is InChI=1S/C16H19F2N3O3S/c1-15(5-6-15)19-25(23,24)11-3-4-12-13(7-11)20(2)14(22)21(12)9-10-8-16(10,17)18/h3-4,7,10,19H,5-6,8-9H2,1-2H3. The summed E-state index contributed by atoms with van der Waals surface area (Å²) in [4.78, 5) is 12.4. The number of benzene rings is 1. The van der Waals surface area contributed by atoms with Crippen molar-refractivity contribution >= 4 is 21.1 Å². The molecule has 1 heterocycles. The van der Waals surface area contributed by atoms with E-state index in [1.165, 1.54) is 34.4 Å². The summed E-state index contributed by atoms with van der Waals surface area (Å²) >= 11 is 0. The average molecular weight is 371 g/mol. The Bertz CT molecular complexity index is 1030. The van der Waals surface area contributed by atoms with Gasteiger partial charge in [-0.3, -0.25) is 9.13 Å². The van der Waals surface area contributed by atoms with Crippen molar-refractivity contribution < 1.29 is 17.2 Å². The average Bonchev–Trinajstić information content (AvgIpc) is 3.37. The number of aromatic nitrogens is 2. The van der Waals surface area contributed by atoms with Crippen LogP contribution in [-0.2, 0) is 23.6 Å². The van der Waals surface area contributed by atoms with Crippen LogP contribution >= 0.6 is 0 Å². The predicted molar refractivity (Wildman–Crippen MR) is 88.2 cm³/mol. The summed E-state index contributed by atoms with van der Waals surface area (Å²) in [7, 11) is -2.18. The maximum absolute atomic E-state index is 13.2. The normalized spacial score (nSPS) is 23.8. The lowest BCUT2D eigenvalue weighted by molar-refractivity contribution is 0.0951. The number of halogens is 2. The zero-order valence-corrected chi connectivity index (χ0v) is 14.7. The molecule has 1 N–H and O–H groups in total. The van der Waals surface area contributed by atoms with Gasteiger partial charge in [0.05, 0.1) is 15.9 Å². The summed E-state index contributed by atoms with van der Waals surface area (Å²) in [6, 6.07) is 4.35. The van der Waals surface area contributed by atoms with Gasteiger partial charge in [-0.25, -0.2) is 26.7 Å². The molecule has 0 radical (unpaired) electrons. The molecule has 0 aliphatic heterocycles. The molecule has 2 aliphatic rings. The summed E-state index contributed by atoms with van der Waals surface area (Å²) in [6.07, 6.45) is 1.36. The first-order valence-corrected chi connectivity index (χ1v) is 9.62. The van der Waals surface area contributed by atoms with E-state index in [1.807, 2.05) is 6.92 Å². The maximum Gasteiger partial charge on any atom is 0.328 e. The Morgan fingerprint density at radius 1 is 1.28 bits per heavy atom. The van der Waals surface area contributed by atoms with E-state index < -0.39 is 33.1 Å². The molecule has 1 unspecified atom stereocenters. The highest BCUT2D eigenvalue weighted by atomic mass is 32.2. The van der Waals surface area contributed by atoms with Gasteiger partial charge in [-0.05, 0) is 38.0 Å². The van der Waals surface area contributed by atoms with E-state index in [4.69, 9.17) is 0 Å². The molecule has 0 spiro atoms. The second-order valence-electron chi connectivity index (χ2n) is 7.43. The quantitative estimate of drug-likeness (QED) is 0.871. The van der Waals surface area contributed by atoms with E-state index in [1.54, 1.807) is 0 Å². The summed E-state index contributed by atoms with van der Waals surface area (Å²) in [5.74, 6) is -3.55. The number of fused-ring (bicyclic) bond motifs is 1. The summed E-state index contributed by atoms with van der Waals surface area (Å²) in [5, 5.41) is 0. The topological polar surface area (TPSA) is 73.1 Å².